The first kappa shape index (κ1) is 10.5. The second-order valence-electron chi connectivity index (χ2n) is 2.58. The van der Waals surface area contributed by atoms with Gasteiger partial charge < -0.3 is 10.5 Å². The molecule has 0 bridgehead atoms. The number of benzene rings is 1. The normalized spacial score (nSPS) is 9.57. The van der Waals surface area contributed by atoms with Crippen molar-refractivity contribution in [3.8, 4) is 5.75 Å². The summed E-state index contributed by atoms with van der Waals surface area (Å²) in [6.45, 7) is 1.24. The van der Waals surface area contributed by atoms with E-state index >= 15 is 0 Å². The van der Waals surface area contributed by atoms with Crippen LogP contribution in [0.15, 0.2) is 18.2 Å². The summed E-state index contributed by atoms with van der Waals surface area (Å²) < 4.78 is 4.76. The molecule has 0 saturated carbocycles. The summed E-state index contributed by atoms with van der Waals surface area (Å²) in [5, 5.41) is 0.0511. The third kappa shape index (κ3) is 2.23. The summed E-state index contributed by atoms with van der Waals surface area (Å²) in [5.74, 6) is -1.03. The van der Waals surface area contributed by atoms with Crippen molar-refractivity contribution in [2.45, 2.75) is 6.92 Å². The van der Waals surface area contributed by atoms with Gasteiger partial charge in [0.15, 0.2) is 0 Å². The Hall–Kier alpha value is -1.55. The Balaban J connectivity index is 3.13. The van der Waals surface area contributed by atoms with Gasteiger partial charge in [-0.25, -0.2) is 0 Å². The predicted molar refractivity (Wildman–Crippen MR) is 51.3 cm³/mol. The molecule has 1 amide bonds. The van der Waals surface area contributed by atoms with Crippen LogP contribution in [-0.2, 0) is 4.79 Å². The van der Waals surface area contributed by atoms with E-state index in [1.54, 1.807) is 0 Å². The van der Waals surface area contributed by atoms with E-state index < -0.39 is 11.9 Å². The summed E-state index contributed by atoms with van der Waals surface area (Å²) in [6, 6.07) is 4.47. The molecule has 0 spiro atoms. The lowest BCUT2D eigenvalue weighted by Crippen LogP contribution is -2.12. The number of ether oxygens (including phenoxy) is 1. The molecule has 0 fully saturated rings. The van der Waals surface area contributed by atoms with E-state index in [4.69, 9.17) is 22.1 Å². The fraction of sp³-hybridized carbons (Fsp3) is 0.111. The zero-order valence-electron chi connectivity index (χ0n) is 7.41. The fourth-order valence-corrected chi connectivity index (χ4v) is 1.19. The molecule has 2 N–H and O–H groups in total. The zero-order valence-corrected chi connectivity index (χ0v) is 8.17. The van der Waals surface area contributed by atoms with Crippen molar-refractivity contribution in [2.75, 3.05) is 0 Å². The number of carbonyl (C=O) groups excluding carboxylic acids is 2. The molecule has 0 unspecified atom stereocenters. The lowest BCUT2D eigenvalue weighted by Gasteiger charge is -2.05. The SMILES string of the molecule is CC(=O)Oc1cccc(C(N)=O)c1Cl. The third-order valence-electron chi connectivity index (χ3n) is 1.48. The van der Waals surface area contributed by atoms with E-state index in [0.29, 0.717) is 0 Å². The highest BCUT2D eigenvalue weighted by molar-refractivity contribution is 6.35. The Morgan fingerprint density at radius 3 is 2.57 bits per heavy atom. The molecule has 0 atom stereocenters. The van der Waals surface area contributed by atoms with E-state index in [1.807, 2.05) is 0 Å². The average molecular weight is 214 g/mol. The molecule has 0 aliphatic rings. The number of primary amides is 1. The first-order valence-electron chi connectivity index (χ1n) is 3.79. The van der Waals surface area contributed by atoms with Crippen LogP contribution in [0.4, 0.5) is 0 Å². The first-order chi connectivity index (χ1) is 6.52. The van der Waals surface area contributed by atoms with Gasteiger partial charge in [-0.15, -0.1) is 0 Å². The highest BCUT2D eigenvalue weighted by Gasteiger charge is 2.12. The number of esters is 1. The van der Waals surface area contributed by atoms with Crippen molar-refractivity contribution in [1.82, 2.24) is 0 Å². The second-order valence-corrected chi connectivity index (χ2v) is 2.95. The molecule has 4 nitrogen and oxygen atoms in total. The summed E-state index contributed by atoms with van der Waals surface area (Å²) in [5.41, 5.74) is 5.18. The number of hydrogen-bond acceptors (Lipinski definition) is 3. The van der Waals surface area contributed by atoms with Crippen molar-refractivity contribution in [3.05, 3.63) is 28.8 Å². The zero-order chi connectivity index (χ0) is 10.7. The maximum absolute atomic E-state index is 10.9. The summed E-state index contributed by atoms with van der Waals surface area (Å²) in [4.78, 5) is 21.5. The van der Waals surface area contributed by atoms with Gasteiger partial charge in [0.1, 0.15) is 5.75 Å². The van der Waals surface area contributed by atoms with Gasteiger partial charge in [-0.1, -0.05) is 17.7 Å². The molecule has 1 rings (SSSR count). The molecule has 0 saturated heterocycles. The summed E-state index contributed by atoms with van der Waals surface area (Å²) in [7, 11) is 0. The van der Waals surface area contributed by atoms with E-state index in [0.717, 1.165) is 0 Å². The molecule has 0 radical (unpaired) electrons. The molecule has 0 aromatic heterocycles. The van der Waals surface area contributed by atoms with E-state index in [2.05, 4.69) is 0 Å². The molecule has 0 aliphatic heterocycles. The summed E-state index contributed by atoms with van der Waals surface area (Å²) >= 11 is 5.77. The lowest BCUT2D eigenvalue weighted by molar-refractivity contribution is -0.131. The molecule has 1 aromatic carbocycles. The van der Waals surface area contributed by atoms with Crippen LogP contribution >= 0.6 is 11.6 Å². The highest BCUT2D eigenvalue weighted by atomic mass is 35.5. The number of carbonyl (C=O) groups is 2. The smallest absolute Gasteiger partial charge is 0.308 e. The van der Waals surface area contributed by atoms with Gasteiger partial charge in [-0.2, -0.15) is 0 Å². The van der Waals surface area contributed by atoms with Crippen LogP contribution in [0.1, 0.15) is 17.3 Å². The summed E-state index contributed by atoms with van der Waals surface area (Å²) in [6.07, 6.45) is 0. The molecule has 5 heteroatoms. The minimum atomic E-state index is -0.663. The number of nitrogens with two attached hydrogens (primary N) is 1. The first-order valence-corrected chi connectivity index (χ1v) is 4.17. The van der Waals surface area contributed by atoms with Gasteiger partial charge in [0.25, 0.3) is 0 Å². The minimum Gasteiger partial charge on any atom is -0.425 e. The van der Waals surface area contributed by atoms with Crippen LogP contribution in [0.25, 0.3) is 0 Å². The Labute approximate surface area is 85.6 Å². The maximum atomic E-state index is 10.9. The highest BCUT2D eigenvalue weighted by Crippen LogP contribution is 2.27. The molecular weight excluding hydrogens is 206 g/mol. The number of halogens is 1. The van der Waals surface area contributed by atoms with Crippen molar-refractivity contribution < 1.29 is 14.3 Å². The molecule has 1 aromatic rings. The van der Waals surface area contributed by atoms with Crippen LogP contribution in [0.3, 0.4) is 0 Å². The Morgan fingerprint density at radius 1 is 1.43 bits per heavy atom. The largest absolute Gasteiger partial charge is 0.425 e. The second kappa shape index (κ2) is 4.11. The molecule has 0 aliphatic carbocycles. The van der Waals surface area contributed by atoms with Gasteiger partial charge in [-0.3, -0.25) is 9.59 Å². The fourth-order valence-electron chi connectivity index (χ4n) is 0.935. The van der Waals surface area contributed by atoms with Gasteiger partial charge >= 0.3 is 5.97 Å². The van der Waals surface area contributed by atoms with Gasteiger partial charge in [-0.05, 0) is 12.1 Å². The lowest BCUT2D eigenvalue weighted by atomic mass is 10.2. The molecule has 14 heavy (non-hydrogen) atoms. The van der Waals surface area contributed by atoms with Crippen LogP contribution < -0.4 is 10.5 Å². The Kier molecular flexibility index (Phi) is 3.09. The minimum absolute atomic E-state index is 0.0511. The van der Waals surface area contributed by atoms with Gasteiger partial charge in [0, 0.05) is 6.92 Å². The Bertz CT molecular complexity index is 390. The number of rotatable bonds is 2. The molecular formula is C9H8ClNO3. The van der Waals surface area contributed by atoms with Crippen LogP contribution in [-0.4, -0.2) is 11.9 Å². The topological polar surface area (TPSA) is 69.4 Å². The van der Waals surface area contributed by atoms with Crippen molar-refractivity contribution in [2.24, 2.45) is 5.73 Å². The molecule has 0 heterocycles. The van der Waals surface area contributed by atoms with Crippen LogP contribution in [0.2, 0.25) is 5.02 Å². The van der Waals surface area contributed by atoms with E-state index in [9.17, 15) is 9.59 Å². The predicted octanol–water partition coefficient (Wildman–Crippen LogP) is 1.36. The van der Waals surface area contributed by atoms with Gasteiger partial charge in [0.05, 0.1) is 10.6 Å². The van der Waals surface area contributed by atoms with E-state index in [1.165, 1.54) is 25.1 Å². The average Bonchev–Trinajstić information content (AvgIpc) is 2.07. The van der Waals surface area contributed by atoms with Gasteiger partial charge in [0.2, 0.25) is 5.91 Å². The molecule has 74 valence electrons. The number of amides is 1. The van der Waals surface area contributed by atoms with E-state index in [-0.39, 0.29) is 16.3 Å². The monoisotopic (exact) mass is 213 g/mol. The van der Waals surface area contributed by atoms with Crippen LogP contribution in [0, 0.1) is 0 Å². The Morgan fingerprint density at radius 2 is 2.07 bits per heavy atom. The number of hydrogen-bond donors (Lipinski definition) is 1. The van der Waals surface area contributed by atoms with Crippen molar-refractivity contribution in [1.29, 1.82) is 0 Å². The standard InChI is InChI=1S/C9H8ClNO3/c1-5(12)14-7-4-2-3-6(8(7)10)9(11)13/h2-4H,1H3,(H2,11,13). The van der Waals surface area contributed by atoms with Crippen molar-refractivity contribution >= 4 is 23.5 Å². The maximum Gasteiger partial charge on any atom is 0.308 e. The third-order valence-corrected chi connectivity index (χ3v) is 1.87. The van der Waals surface area contributed by atoms with Crippen molar-refractivity contribution in [3.63, 3.8) is 0 Å². The van der Waals surface area contributed by atoms with Crippen LogP contribution in [0.5, 0.6) is 5.75 Å². The quantitative estimate of drug-likeness (QED) is 0.596.